The van der Waals surface area contributed by atoms with E-state index in [4.69, 9.17) is 10.6 Å². The lowest BCUT2D eigenvalue weighted by Gasteiger charge is -2.13. The number of carbonyl (C=O) groups excluding carboxylic acids is 1. The van der Waals surface area contributed by atoms with Crippen LogP contribution in [0.25, 0.3) is 16.7 Å². The van der Waals surface area contributed by atoms with Gasteiger partial charge in [0.2, 0.25) is 0 Å². The molecule has 0 aliphatic heterocycles. The monoisotopic (exact) mass is 438 g/mol. The number of benzene rings is 2. The van der Waals surface area contributed by atoms with Crippen LogP contribution in [0.1, 0.15) is 15.9 Å². The molecule has 2 aromatic carbocycles. The minimum Gasteiger partial charge on any atom is -0.365 e. The maximum Gasteiger partial charge on any atom is 0.268 e. The van der Waals surface area contributed by atoms with Crippen molar-refractivity contribution in [2.24, 2.45) is 5.73 Å². The van der Waals surface area contributed by atoms with E-state index in [1.807, 2.05) is 18.2 Å². The fourth-order valence-electron chi connectivity index (χ4n) is 3.12. The summed E-state index contributed by atoms with van der Waals surface area (Å²) in [7, 11) is 0. The Labute approximate surface area is 185 Å². The Hall–Kier alpha value is -5.31. The molecule has 0 radical (unpaired) electrons. The molecule has 3 N–H and O–H groups in total. The number of nitrogens with zero attached hydrogens (tertiary/aromatic N) is 8. The van der Waals surface area contributed by atoms with Crippen molar-refractivity contribution in [1.29, 1.82) is 5.26 Å². The van der Waals surface area contributed by atoms with E-state index >= 15 is 0 Å². The Morgan fingerprint density at radius 1 is 1.09 bits per heavy atom. The summed E-state index contributed by atoms with van der Waals surface area (Å²) in [6, 6.07) is 17.5. The maximum absolute atomic E-state index is 12.1. The van der Waals surface area contributed by atoms with Gasteiger partial charge in [0.1, 0.15) is 28.5 Å². The van der Waals surface area contributed by atoms with Crippen LogP contribution < -0.4 is 15.9 Å². The van der Waals surface area contributed by atoms with Gasteiger partial charge in [0, 0.05) is 5.69 Å². The number of anilines is 2. The number of hydrogen-bond donors (Lipinski definition) is 2. The van der Waals surface area contributed by atoms with Gasteiger partial charge in [0.25, 0.3) is 11.8 Å². The molecule has 0 atom stereocenters. The number of primary amides is 1. The number of fused-ring (bicyclic) bond motifs is 1. The zero-order chi connectivity index (χ0) is 22.8. The van der Waals surface area contributed by atoms with E-state index in [-0.39, 0.29) is 22.8 Å². The summed E-state index contributed by atoms with van der Waals surface area (Å²) in [6.45, 7) is 0. The van der Waals surface area contributed by atoms with Gasteiger partial charge in [0.05, 0.1) is 23.6 Å². The van der Waals surface area contributed by atoms with Crippen LogP contribution in [-0.2, 0) is 0 Å². The summed E-state index contributed by atoms with van der Waals surface area (Å²) >= 11 is 0. The molecule has 3 aromatic heterocycles. The number of nitriles is 1. The minimum atomic E-state index is -0.760. The van der Waals surface area contributed by atoms with Crippen molar-refractivity contribution in [3.63, 3.8) is 0 Å². The molecule has 5 aromatic rings. The Morgan fingerprint density at radius 2 is 1.91 bits per heavy atom. The normalized spacial score (nSPS) is 10.6. The first-order valence-electron chi connectivity index (χ1n) is 9.60. The predicted octanol–water partition coefficient (Wildman–Crippen LogP) is 1.96. The van der Waals surface area contributed by atoms with Gasteiger partial charge in [-0.3, -0.25) is 4.79 Å². The van der Waals surface area contributed by atoms with Crippen LogP contribution in [-0.4, -0.2) is 41.0 Å². The van der Waals surface area contributed by atoms with Crippen LogP contribution in [0.2, 0.25) is 0 Å². The summed E-state index contributed by atoms with van der Waals surface area (Å²) in [5, 5.41) is 28.8. The highest BCUT2D eigenvalue weighted by Crippen LogP contribution is 2.27. The van der Waals surface area contributed by atoms with Gasteiger partial charge in [-0.1, -0.05) is 23.0 Å². The van der Waals surface area contributed by atoms with Gasteiger partial charge in [-0.15, -0.1) is 5.10 Å². The number of nitrogens with one attached hydrogen (secondary N) is 1. The molecule has 33 heavy (non-hydrogen) atoms. The molecule has 0 saturated carbocycles. The Bertz CT molecular complexity index is 1520. The van der Waals surface area contributed by atoms with Gasteiger partial charge >= 0.3 is 0 Å². The summed E-state index contributed by atoms with van der Waals surface area (Å²) in [6.07, 6.45) is 3.12. The van der Waals surface area contributed by atoms with Gasteiger partial charge in [-0.25, -0.2) is 0 Å². The van der Waals surface area contributed by atoms with Crippen molar-refractivity contribution in [3.8, 4) is 17.6 Å². The SMILES string of the molecule is N#Cc1cc(C(N)=O)c(Nc2cccc(-n3nccn3)c2)nc1On1nnc2ccccc21. The molecule has 160 valence electrons. The number of amides is 1. The smallest absolute Gasteiger partial charge is 0.268 e. The van der Waals surface area contributed by atoms with Crippen molar-refractivity contribution in [1.82, 2.24) is 35.1 Å². The van der Waals surface area contributed by atoms with E-state index < -0.39 is 5.91 Å². The second-order valence-corrected chi connectivity index (χ2v) is 6.75. The molecule has 1 amide bonds. The zero-order valence-corrected chi connectivity index (χ0v) is 16.8. The van der Waals surface area contributed by atoms with Crippen molar-refractivity contribution in [3.05, 3.63) is 78.1 Å². The van der Waals surface area contributed by atoms with Gasteiger partial charge < -0.3 is 15.9 Å². The van der Waals surface area contributed by atoms with E-state index in [0.717, 1.165) is 4.85 Å². The Morgan fingerprint density at radius 3 is 2.70 bits per heavy atom. The summed E-state index contributed by atoms with van der Waals surface area (Å²) in [5.74, 6) is -0.735. The van der Waals surface area contributed by atoms with Crippen molar-refractivity contribution in [2.45, 2.75) is 0 Å². The molecule has 0 saturated heterocycles. The molecule has 3 heterocycles. The van der Waals surface area contributed by atoms with Crippen LogP contribution in [0.5, 0.6) is 5.88 Å². The van der Waals surface area contributed by atoms with Crippen molar-refractivity contribution >= 4 is 28.4 Å². The number of rotatable bonds is 6. The average molecular weight is 438 g/mol. The van der Waals surface area contributed by atoms with Crippen LogP contribution in [0.4, 0.5) is 11.5 Å². The molecular formula is C21H14N10O2. The number of hydrogen-bond acceptors (Lipinski definition) is 9. The third-order valence-electron chi connectivity index (χ3n) is 4.63. The zero-order valence-electron chi connectivity index (χ0n) is 16.8. The predicted molar refractivity (Wildman–Crippen MR) is 116 cm³/mol. The van der Waals surface area contributed by atoms with E-state index in [0.29, 0.717) is 22.4 Å². The summed E-state index contributed by atoms with van der Waals surface area (Å²) in [4.78, 5) is 24.8. The Kier molecular flexibility index (Phi) is 4.81. The fraction of sp³-hybridized carbons (Fsp3) is 0. The molecule has 0 aliphatic carbocycles. The third-order valence-corrected chi connectivity index (χ3v) is 4.63. The first-order chi connectivity index (χ1) is 16.1. The van der Waals surface area contributed by atoms with Crippen LogP contribution in [0.15, 0.2) is 67.0 Å². The fourth-order valence-corrected chi connectivity index (χ4v) is 3.12. The molecule has 0 fully saturated rings. The van der Waals surface area contributed by atoms with Gasteiger partial charge in [-0.2, -0.15) is 25.2 Å². The lowest BCUT2D eigenvalue weighted by atomic mass is 10.1. The summed E-state index contributed by atoms with van der Waals surface area (Å²) < 4.78 is 0. The largest absolute Gasteiger partial charge is 0.365 e. The number of nitrogens with two attached hydrogens (primary N) is 1. The van der Waals surface area contributed by atoms with Gasteiger partial charge in [-0.05, 0) is 41.6 Å². The van der Waals surface area contributed by atoms with E-state index in [1.54, 1.807) is 48.8 Å². The second kappa shape index (κ2) is 8.08. The number of aromatic nitrogens is 7. The average Bonchev–Trinajstić information content (AvgIpc) is 3.50. The van der Waals surface area contributed by atoms with E-state index in [1.165, 1.54) is 10.9 Å². The third kappa shape index (κ3) is 3.77. The lowest BCUT2D eigenvalue weighted by molar-refractivity contribution is 0.100. The first kappa shape index (κ1) is 19.6. The lowest BCUT2D eigenvalue weighted by Crippen LogP contribution is -2.17. The standard InChI is InChI=1S/C21H14N10O2/c22-12-13-10-16(19(23)32)20(26-14-4-3-5-15(11-14)30-24-8-9-25-30)27-21(13)33-31-18-7-2-1-6-17(18)28-29-31/h1-11H,(H2,23,32)(H,26,27). The number of pyridine rings is 1. The maximum atomic E-state index is 12.1. The molecule has 12 nitrogen and oxygen atoms in total. The topological polar surface area (TPSA) is 162 Å². The highest BCUT2D eigenvalue weighted by atomic mass is 16.7. The second-order valence-electron chi connectivity index (χ2n) is 6.75. The van der Waals surface area contributed by atoms with Crippen molar-refractivity contribution in [2.75, 3.05) is 5.32 Å². The highest BCUT2D eigenvalue weighted by Gasteiger charge is 2.19. The number of carbonyl (C=O) groups is 1. The first-order valence-corrected chi connectivity index (χ1v) is 9.60. The minimum absolute atomic E-state index is 0.00317. The molecule has 0 bridgehead atoms. The molecule has 5 rings (SSSR count). The van der Waals surface area contributed by atoms with E-state index in [2.05, 4.69) is 30.8 Å². The van der Waals surface area contributed by atoms with Crippen LogP contribution in [0, 0.1) is 11.3 Å². The molecule has 0 spiro atoms. The van der Waals surface area contributed by atoms with Crippen LogP contribution in [0.3, 0.4) is 0 Å². The number of para-hydroxylation sites is 1. The van der Waals surface area contributed by atoms with Crippen molar-refractivity contribution < 1.29 is 9.63 Å². The van der Waals surface area contributed by atoms with E-state index in [9.17, 15) is 10.1 Å². The summed E-state index contributed by atoms with van der Waals surface area (Å²) in [5.41, 5.74) is 8.01. The quantitative estimate of drug-likeness (QED) is 0.403. The Balaban J connectivity index is 1.55. The van der Waals surface area contributed by atoms with Crippen LogP contribution >= 0.6 is 0 Å². The molecule has 12 heteroatoms. The molecule has 0 aliphatic rings. The molecule has 0 unspecified atom stereocenters. The highest BCUT2D eigenvalue weighted by molar-refractivity contribution is 5.98. The van der Waals surface area contributed by atoms with Gasteiger partial charge in [0.15, 0.2) is 0 Å². The molecular weight excluding hydrogens is 424 g/mol.